The predicted octanol–water partition coefficient (Wildman–Crippen LogP) is 1.94. The third-order valence-electron chi connectivity index (χ3n) is 2.40. The average Bonchev–Trinajstić information content (AvgIpc) is 2.62. The summed E-state index contributed by atoms with van der Waals surface area (Å²) in [6.45, 7) is 0. The van der Waals surface area contributed by atoms with Crippen molar-refractivity contribution in [2.75, 3.05) is 7.11 Å². The van der Waals surface area contributed by atoms with Crippen molar-refractivity contribution < 1.29 is 19.0 Å². The molecule has 4 nitrogen and oxygen atoms in total. The zero-order valence-corrected chi connectivity index (χ0v) is 8.58. The van der Waals surface area contributed by atoms with Crippen LogP contribution < -0.4 is 4.74 Å². The molecular formula is C11H10FNO3. The molecule has 0 aliphatic carbocycles. The molecule has 0 spiro atoms. The first kappa shape index (κ1) is 10.5. The van der Waals surface area contributed by atoms with Gasteiger partial charge in [-0.3, -0.25) is 4.79 Å². The lowest BCUT2D eigenvalue weighted by atomic mass is 10.1. The largest absolute Gasteiger partial charge is 0.494 e. The summed E-state index contributed by atoms with van der Waals surface area (Å²) in [5.41, 5.74) is 0.833. The topological polar surface area (TPSA) is 62.3 Å². The number of fused-ring (bicyclic) bond motifs is 1. The molecule has 1 heterocycles. The summed E-state index contributed by atoms with van der Waals surface area (Å²) in [6.07, 6.45) is 1.37. The second-order valence-corrected chi connectivity index (χ2v) is 3.39. The molecule has 5 heteroatoms. The highest BCUT2D eigenvalue weighted by atomic mass is 19.1. The quantitative estimate of drug-likeness (QED) is 0.835. The summed E-state index contributed by atoms with van der Waals surface area (Å²) in [5, 5.41) is 9.25. The van der Waals surface area contributed by atoms with E-state index in [-0.39, 0.29) is 17.7 Å². The maximum absolute atomic E-state index is 13.7. The molecule has 2 N–H and O–H groups in total. The van der Waals surface area contributed by atoms with Crippen LogP contribution in [0.4, 0.5) is 4.39 Å². The maximum atomic E-state index is 13.7. The smallest absolute Gasteiger partial charge is 0.307 e. The minimum Gasteiger partial charge on any atom is -0.494 e. The SMILES string of the molecule is COc1ccc2c(CC(=O)O)c[nH]c2c1F. The number of aromatic nitrogens is 1. The zero-order valence-electron chi connectivity index (χ0n) is 8.58. The fourth-order valence-corrected chi connectivity index (χ4v) is 1.67. The summed E-state index contributed by atoms with van der Waals surface area (Å²) in [6, 6.07) is 3.13. The summed E-state index contributed by atoms with van der Waals surface area (Å²) in [4.78, 5) is 13.3. The Morgan fingerprint density at radius 3 is 2.94 bits per heavy atom. The number of carboxylic acid groups (broad SMARTS) is 1. The van der Waals surface area contributed by atoms with Gasteiger partial charge in [0.05, 0.1) is 19.0 Å². The molecule has 84 valence electrons. The van der Waals surface area contributed by atoms with Gasteiger partial charge in [0.1, 0.15) is 0 Å². The van der Waals surface area contributed by atoms with Crippen molar-refractivity contribution in [1.29, 1.82) is 0 Å². The van der Waals surface area contributed by atoms with E-state index in [0.717, 1.165) is 0 Å². The minimum absolute atomic E-state index is 0.133. The first-order chi connectivity index (χ1) is 7.63. The third kappa shape index (κ3) is 1.60. The lowest BCUT2D eigenvalue weighted by Crippen LogP contribution is -1.98. The molecule has 0 saturated carbocycles. The van der Waals surface area contributed by atoms with Gasteiger partial charge in [-0.2, -0.15) is 0 Å². The highest BCUT2D eigenvalue weighted by Crippen LogP contribution is 2.27. The van der Waals surface area contributed by atoms with Crippen LogP contribution >= 0.6 is 0 Å². The number of nitrogens with one attached hydrogen (secondary N) is 1. The van der Waals surface area contributed by atoms with Gasteiger partial charge in [-0.05, 0) is 17.7 Å². The molecule has 16 heavy (non-hydrogen) atoms. The molecule has 0 atom stereocenters. The molecule has 2 rings (SSSR count). The number of benzene rings is 1. The molecule has 2 aromatic rings. The van der Waals surface area contributed by atoms with Crippen molar-refractivity contribution in [3.63, 3.8) is 0 Å². The van der Waals surface area contributed by atoms with E-state index >= 15 is 0 Å². The fourth-order valence-electron chi connectivity index (χ4n) is 1.67. The zero-order chi connectivity index (χ0) is 11.7. The first-order valence-electron chi connectivity index (χ1n) is 4.67. The molecule has 0 bridgehead atoms. The lowest BCUT2D eigenvalue weighted by molar-refractivity contribution is -0.136. The molecule has 0 fully saturated rings. The molecule has 1 aromatic heterocycles. The van der Waals surface area contributed by atoms with Gasteiger partial charge < -0.3 is 14.8 Å². The Balaban J connectivity index is 2.58. The van der Waals surface area contributed by atoms with Crippen LogP contribution in [0.1, 0.15) is 5.56 Å². The average molecular weight is 223 g/mol. The summed E-state index contributed by atoms with van der Waals surface area (Å²) in [7, 11) is 1.38. The highest BCUT2D eigenvalue weighted by Gasteiger charge is 2.13. The van der Waals surface area contributed by atoms with E-state index in [9.17, 15) is 9.18 Å². The first-order valence-corrected chi connectivity index (χ1v) is 4.67. The van der Waals surface area contributed by atoms with Crippen molar-refractivity contribution in [3.8, 4) is 5.75 Å². The molecule has 1 aromatic carbocycles. The van der Waals surface area contributed by atoms with E-state index in [4.69, 9.17) is 9.84 Å². The number of H-pyrrole nitrogens is 1. The van der Waals surface area contributed by atoms with E-state index in [2.05, 4.69) is 4.98 Å². The number of ether oxygens (including phenoxy) is 1. The van der Waals surface area contributed by atoms with Crippen LogP contribution in [0.15, 0.2) is 18.3 Å². The van der Waals surface area contributed by atoms with Gasteiger partial charge in [-0.1, -0.05) is 0 Å². The van der Waals surface area contributed by atoms with Crippen molar-refractivity contribution in [3.05, 3.63) is 29.7 Å². The van der Waals surface area contributed by atoms with E-state index in [1.165, 1.54) is 19.4 Å². The number of carbonyl (C=O) groups is 1. The predicted molar refractivity (Wildman–Crippen MR) is 56.1 cm³/mol. The molecule has 0 aliphatic rings. The standard InChI is InChI=1S/C11H10FNO3/c1-16-8-3-2-7-6(4-9(14)15)5-13-11(7)10(8)12/h2-3,5,13H,4H2,1H3,(H,14,15). The van der Waals surface area contributed by atoms with Crippen molar-refractivity contribution in [2.45, 2.75) is 6.42 Å². The van der Waals surface area contributed by atoms with Crippen LogP contribution in [0.2, 0.25) is 0 Å². The Kier molecular flexibility index (Phi) is 2.52. The number of aromatic amines is 1. The van der Waals surface area contributed by atoms with Gasteiger partial charge >= 0.3 is 5.97 Å². The van der Waals surface area contributed by atoms with Gasteiger partial charge in [0.15, 0.2) is 11.6 Å². The number of methoxy groups -OCH3 is 1. The van der Waals surface area contributed by atoms with Crippen LogP contribution in [0.5, 0.6) is 5.75 Å². The molecular weight excluding hydrogens is 213 g/mol. The van der Waals surface area contributed by atoms with Gasteiger partial charge in [-0.25, -0.2) is 4.39 Å². The third-order valence-corrected chi connectivity index (χ3v) is 2.40. The molecule has 0 saturated heterocycles. The Morgan fingerprint density at radius 1 is 1.56 bits per heavy atom. The second-order valence-electron chi connectivity index (χ2n) is 3.39. The number of halogens is 1. The lowest BCUT2D eigenvalue weighted by Gasteiger charge is -2.02. The highest BCUT2D eigenvalue weighted by molar-refractivity contribution is 5.88. The Hall–Kier alpha value is -2.04. The maximum Gasteiger partial charge on any atom is 0.307 e. The molecule has 0 aliphatic heterocycles. The van der Waals surface area contributed by atoms with Crippen LogP contribution in [0, 0.1) is 5.82 Å². The Bertz CT molecular complexity index is 547. The van der Waals surface area contributed by atoms with Crippen LogP contribution in [0.25, 0.3) is 10.9 Å². The van der Waals surface area contributed by atoms with Crippen molar-refractivity contribution in [2.24, 2.45) is 0 Å². The van der Waals surface area contributed by atoms with E-state index < -0.39 is 11.8 Å². The van der Waals surface area contributed by atoms with Crippen LogP contribution in [-0.2, 0) is 11.2 Å². The van der Waals surface area contributed by atoms with Crippen molar-refractivity contribution in [1.82, 2.24) is 4.98 Å². The summed E-state index contributed by atoms with van der Waals surface area (Å²) >= 11 is 0. The van der Waals surface area contributed by atoms with E-state index in [1.807, 2.05) is 0 Å². The normalized spacial score (nSPS) is 10.6. The van der Waals surface area contributed by atoms with E-state index in [0.29, 0.717) is 10.9 Å². The van der Waals surface area contributed by atoms with Crippen LogP contribution in [0.3, 0.4) is 0 Å². The fraction of sp³-hybridized carbons (Fsp3) is 0.182. The number of hydrogen-bond acceptors (Lipinski definition) is 2. The molecule has 0 radical (unpaired) electrons. The van der Waals surface area contributed by atoms with Crippen LogP contribution in [-0.4, -0.2) is 23.2 Å². The summed E-state index contributed by atoms with van der Waals surface area (Å²) in [5.74, 6) is -1.31. The van der Waals surface area contributed by atoms with Gasteiger partial charge in [-0.15, -0.1) is 0 Å². The van der Waals surface area contributed by atoms with E-state index in [1.54, 1.807) is 6.07 Å². The number of carboxylic acids is 1. The Labute approximate surface area is 90.7 Å². The molecule has 0 amide bonds. The number of aliphatic carboxylic acids is 1. The van der Waals surface area contributed by atoms with Gasteiger partial charge in [0.2, 0.25) is 0 Å². The molecule has 0 unspecified atom stereocenters. The minimum atomic E-state index is -0.947. The van der Waals surface area contributed by atoms with Crippen molar-refractivity contribution >= 4 is 16.9 Å². The number of rotatable bonds is 3. The summed E-state index contributed by atoms with van der Waals surface area (Å²) < 4.78 is 18.5. The second kappa shape index (κ2) is 3.84. The Morgan fingerprint density at radius 2 is 2.31 bits per heavy atom. The van der Waals surface area contributed by atoms with Gasteiger partial charge in [0, 0.05) is 11.6 Å². The van der Waals surface area contributed by atoms with Gasteiger partial charge in [0.25, 0.3) is 0 Å². The number of hydrogen-bond donors (Lipinski definition) is 2. The monoisotopic (exact) mass is 223 g/mol.